The van der Waals surface area contributed by atoms with Gasteiger partial charge in [-0.05, 0) is 66.7 Å². The second-order valence-electron chi connectivity index (χ2n) is 13.6. The first-order valence-electron chi connectivity index (χ1n) is 18.2. The van der Waals surface area contributed by atoms with Crippen LogP contribution in [0.3, 0.4) is 0 Å². The molecule has 5 aromatic heterocycles. The van der Waals surface area contributed by atoms with Crippen molar-refractivity contribution in [2.45, 2.75) is 0 Å². The maximum absolute atomic E-state index is 6.45. The van der Waals surface area contributed by atoms with Crippen LogP contribution in [0.5, 0.6) is 0 Å². The summed E-state index contributed by atoms with van der Waals surface area (Å²) < 4.78 is 10.9. The number of para-hydroxylation sites is 2. The van der Waals surface area contributed by atoms with E-state index in [1.807, 2.05) is 48.5 Å². The van der Waals surface area contributed by atoms with Gasteiger partial charge in [-0.1, -0.05) is 115 Å². The van der Waals surface area contributed by atoms with Crippen LogP contribution in [0.4, 0.5) is 0 Å². The van der Waals surface area contributed by atoms with Gasteiger partial charge in [0.15, 0.2) is 0 Å². The van der Waals surface area contributed by atoms with E-state index in [0.29, 0.717) is 11.8 Å². The fourth-order valence-electron chi connectivity index (χ4n) is 7.79. The number of nitrogens with zero attached hydrogens (tertiary/aromatic N) is 6. The first-order chi connectivity index (χ1) is 27.3. The minimum absolute atomic E-state index is 0.448. The molecule has 0 spiro atoms. The van der Waals surface area contributed by atoms with Crippen molar-refractivity contribution < 1.29 is 4.42 Å². The first-order valence-corrected chi connectivity index (χ1v) is 18.2. The van der Waals surface area contributed by atoms with E-state index in [0.717, 1.165) is 88.9 Å². The van der Waals surface area contributed by atoms with Crippen molar-refractivity contribution in [3.8, 4) is 57.1 Å². The highest BCUT2D eigenvalue weighted by Crippen LogP contribution is 2.37. The highest BCUT2D eigenvalue weighted by atomic mass is 16.4. The van der Waals surface area contributed by atoms with Gasteiger partial charge in [0.2, 0.25) is 11.8 Å². The Labute approximate surface area is 315 Å². The van der Waals surface area contributed by atoms with Crippen molar-refractivity contribution in [1.29, 1.82) is 0 Å². The van der Waals surface area contributed by atoms with Gasteiger partial charge < -0.3 is 4.42 Å². The second-order valence-corrected chi connectivity index (χ2v) is 13.6. The number of rotatable bonds is 6. The Morgan fingerprint density at radius 2 is 0.800 bits per heavy atom. The Kier molecular flexibility index (Phi) is 7.03. The standard InChI is InChI=1S/C48H30N6O/c1-3-13-31(14-4-1)39-19-11-23-45(49-39)53-42-22-10-8-18-36(42)38-29-33(26-28-43(38)53)47-51-52-48(55-47)34-25-27-37-35-17-7-9-21-41(35)54(44(37)30-34)46-24-12-20-40(50-46)32-15-5-2-6-16-32/h1-30H. The van der Waals surface area contributed by atoms with Gasteiger partial charge in [0.25, 0.3) is 0 Å². The average Bonchev–Trinajstić information content (AvgIpc) is 3.97. The average molecular weight is 707 g/mol. The SMILES string of the molecule is c1ccc(-c2cccc(-n3c4ccccc4c4cc(-c5nnc(-c6ccc7c8ccccc8n(-c8cccc(-c9ccccc9)n8)c7c6)o5)ccc43)n2)cc1. The normalized spacial score (nSPS) is 11.6. The summed E-state index contributed by atoms with van der Waals surface area (Å²) in [5.74, 6) is 2.60. The van der Waals surface area contributed by atoms with E-state index in [4.69, 9.17) is 14.4 Å². The minimum Gasteiger partial charge on any atom is -0.416 e. The van der Waals surface area contributed by atoms with E-state index in [2.05, 4.69) is 153 Å². The molecule has 0 radical (unpaired) electrons. The predicted octanol–water partition coefficient (Wildman–Crippen LogP) is 11.7. The molecule has 0 aliphatic heterocycles. The lowest BCUT2D eigenvalue weighted by Crippen LogP contribution is -1.98. The number of hydrogen-bond donors (Lipinski definition) is 0. The Balaban J connectivity index is 1.00. The lowest BCUT2D eigenvalue weighted by molar-refractivity contribution is 0.585. The van der Waals surface area contributed by atoms with Gasteiger partial charge >= 0.3 is 0 Å². The zero-order chi connectivity index (χ0) is 36.3. The number of fused-ring (bicyclic) bond motifs is 6. The molecule has 5 heterocycles. The summed E-state index contributed by atoms with van der Waals surface area (Å²) >= 11 is 0. The monoisotopic (exact) mass is 706 g/mol. The van der Waals surface area contributed by atoms with Crippen LogP contribution in [-0.4, -0.2) is 29.3 Å². The van der Waals surface area contributed by atoms with Crippen LogP contribution in [-0.2, 0) is 0 Å². The number of benzene rings is 6. The van der Waals surface area contributed by atoms with E-state index in [1.54, 1.807) is 0 Å². The molecule has 0 aliphatic carbocycles. The molecule has 0 saturated heterocycles. The molecule has 258 valence electrons. The Bertz CT molecular complexity index is 3210. The molecule has 7 heteroatoms. The molecule has 0 bridgehead atoms. The van der Waals surface area contributed by atoms with Gasteiger partial charge in [-0.2, -0.15) is 0 Å². The Hall–Kier alpha value is -7.64. The van der Waals surface area contributed by atoms with Crippen molar-refractivity contribution in [3.63, 3.8) is 0 Å². The maximum Gasteiger partial charge on any atom is 0.248 e. The van der Waals surface area contributed by atoms with Gasteiger partial charge in [0.1, 0.15) is 11.6 Å². The smallest absolute Gasteiger partial charge is 0.248 e. The van der Waals surface area contributed by atoms with Gasteiger partial charge in [-0.3, -0.25) is 9.13 Å². The molecule has 55 heavy (non-hydrogen) atoms. The maximum atomic E-state index is 6.45. The third-order valence-corrected chi connectivity index (χ3v) is 10.3. The molecule has 0 saturated carbocycles. The third kappa shape index (κ3) is 5.13. The van der Waals surface area contributed by atoms with Crippen LogP contribution in [0.2, 0.25) is 0 Å². The van der Waals surface area contributed by atoms with Crippen LogP contribution in [0, 0.1) is 0 Å². The highest BCUT2D eigenvalue weighted by Gasteiger charge is 2.19. The molecular weight excluding hydrogens is 677 g/mol. The molecule has 0 amide bonds. The van der Waals surface area contributed by atoms with Gasteiger partial charge in [-0.25, -0.2) is 9.97 Å². The van der Waals surface area contributed by atoms with E-state index in [-0.39, 0.29) is 0 Å². The summed E-state index contributed by atoms with van der Waals surface area (Å²) in [6.07, 6.45) is 0. The summed E-state index contributed by atoms with van der Waals surface area (Å²) in [6, 6.07) is 62.3. The molecule has 7 nitrogen and oxygen atoms in total. The second kappa shape index (κ2) is 12.5. The van der Waals surface area contributed by atoms with Crippen molar-refractivity contribution >= 4 is 43.6 Å². The molecule has 0 fully saturated rings. The van der Waals surface area contributed by atoms with E-state index < -0.39 is 0 Å². The third-order valence-electron chi connectivity index (χ3n) is 10.3. The summed E-state index contributed by atoms with van der Waals surface area (Å²) in [7, 11) is 0. The van der Waals surface area contributed by atoms with Crippen LogP contribution >= 0.6 is 0 Å². The summed E-state index contributed by atoms with van der Waals surface area (Å²) in [4.78, 5) is 10.2. The van der Waals surface area contributed by atoms with Crippen LogP contribution in [0.25, 0.3) is 101 Å². The molecule has 11 rings (SSSR count). The Morgan fingerprint density at radius 3 is 1.42 bits per heavy atom. The first kappa shape index (κ1) is 30.9. The number of pyridine rings is 2. The number of hydrogen-bond acceptors (Lipinski definition) is 5. The molecule has 0 unspecified atom stereocenters. The van der Waals surface area contributed by atoms with E-state index in [1.165, 1.54) is 0 Å². The number of aromatic nitrogens is 6. The predicted molar refractivity (Wildman–Crippen MR) is 220 cm³/mol. The Morgan fingerprint density at radius 1 is 0.327 bits per heavy atom. The quantitative estimate of drug-likeness (QED) is 0.172. The zero-order valence-corrected chi connectivity index (χ0v) is 29.4. The lowest BCUT2D eigenvalue weighted by atomic mass is 10.1. The van der Waals surface area contributed by atoms with Crippen LogP contribution in [0.1, 0.15) is 0 Å². The summed E-state index contributed by atoms with van der Waals surface area (Å²) in [5.41, 5.74) is 9.87. The fraction of sp³-hybridized carbons (Fsp3) is 0. The lowest BCUT2D eigenvalue weighted by Gasteiger charge is -2.09. The molecule has 11 aromatic rings. The van der Waals surface area contributed by atoms with Crippen LogP contribution in [0.15, 0.2) is 186 Å². The van der Waals surface area contributed by atoms with Crippen molar-refractivity contribution in [2.75, 3.05) is 0 Å². The van der Waals surface area contributed by atoms with Crippen molar-refractivity contribution in [3.05, 3.63) is 182 Å². The van der Waals surface area contributed by atoms with Gasteiger partial charge in [0, 0.05) is 43.8 Å². The van der Waals surface area contributed by atoms with Gasteiger partial charge in [0.05, 0.1) is 33.5 Å². The van der Waals surface area contributed by atoms with E-state index >= 15 is 0 Å². The molecule has 0 atom stereocenters. The van der Waals surface area contributed by atoms with Crippen molar-refractivity contribution in [1.82, 2.24) is 29.3 Å². The fourth-order valence-corrected chi connectivity index (χ4v) is 7.79. The molecule has 0 aliphatic rings. The summed E-state index contributed by atoms with van der Waals surface area (Å²) in [5, 5.41) is 13.6. The zero-order valence-electron chi connectivity index (χ0n) is 29.4. The molecule has 0 N–H and O–H groups in total. The topological polar surface area (TPSA) is 74.6 Å². The van der Waals surface area contributed by atoms with Crippen molar-refractivity contribution in [2.24, 2.45) is 0 Å². The summed E-state index contributed by atoms with van der Waals surface area (Å²) in [6.45, 7) is 0. The molecule has 6 aromatic carbocycles. The minimum atomic E-state index is 0.448. The van der Waals surface area contributed by atoms with E-state index in [9.17, 15) is 0 Å². The molecular formula is C48H30N6O. The van der Waals surface area contributed by atoms with Gasteiger partial charge in [-0.15, -0.1) is 10.2 Å². The van der Waals surface area contributed by atoms with Crippen LogP contribution < -0.4 is 0 Å². The highest BCUT2D eigenvalue weighted by molar-refractivity contribution is 6.11. The largest absolute Gasteiger partial charge is 0.416 e.